The highest BCUT2D eigenvalue weighted by molar-refractivity contribution is 5.87. The van der Waals surface area contributed by atoms with Crippen LogP contribution in [-0.2, 0) is 16.2 Å². The molecule has 3 saturated carbocycles. The minimum Gasteiger partial charge on any atom is -0.310 e. The Labute approximate surface area is 434 Å². The third kappa shape index (κ3) is 9.56. The van der Waals surface area contributed by atoms with Gasteiger partial charge in [0.05, 0.1) is 0 Å². The van der Waals surface area contributed by atoms with Crippen molar-refractivity contribution in [1.29, 1.82) is 0 Å². The average molecular weight is 948 g/mol. The molecular weight excluding hydrogens is 867 g/mol. The molecule has 0 unspecified atom stereocenters. The molecule has 7 aromatic rings. The molecule has 0 spiro atoms. The van der Waals surface area contributed by atoms with Gasteiger partial charge in [-0.2, -0.15) is 0 Å². The van der Waals surface area contributed by atoms with Crippen molar-refractivity contribution in [3.8, 4) is 44.5 Å². The third-order valence-electron chi connectivity index (χ3n) is 18.0. The van der Waals surface area contributed by atoms with E-state index in [1.807, 2.05) is 0 Å². The summed E-state index contributed by atoms with van der Waals surface area (Å²) in [6, 6.07) is 57.4. The zero-order valence-corrected chi connectivity index (χ0v) is 45.1. The fourth-order valence-corrected chi connectivity index (χ4v) is 13.6. The molecule has 4 aliphatic rings. The molecule has 0 bridgehead atoms. The van der Waals surface area contributed by atoms with Crippen LogP contribution in [0.3, 0.4) is 0 Å². The van der Waals surface area contributed by atoms with Gasteiger partial charge in [0.1, 0.15) is 0 Å². The quantitative estimate of drug-likeness (QED) is 0.139. The van der Waals surface area contributed by atoms with E-state index in [0.717, 1.165) is 17.3 Å². The Hall–Kier alpha value is -5.66. The Bertz CT molecular complexity index is 2950. The Kier molecular flexibility index (Phi) is 13.3. The van der Waals surface area contributed by atoms with Crippen molar-refractivity contribution >= 4 is 17.1 Å². The molecule has 0 aromatic heterocycles. The van der Waals surface area contributed by atoms with Crippen molar-refractivity contribution in [2.45, 2.75) is 186 Å². The normalized spacial score (nSPS) is 17.7. The van der Waals surface area contributed by atoms with Crippen LogP contribution in [0.5, 0.6) is 0 Å². The molecule has 0 radical (unpaired) electrons. The smallest absolute Gasteiger partial charge is 0.0465 e. The minimum atomic E-state index is -0.0952. The molecule has 0 saturated heterocycles. The number of nitrogens with zero attached hydrogens (tertiary/aromatic N) is 1. The SMILES string of the molecule is CC(C)(C)c1cc(-c2ccc(N(c3ccc(-c4ccc(-c5c(C6CCCCC6)cc(C6CCCCC6)cc5C5CCCCC5)cc4)cc3)c3ccc4c(c3)C(C)(C)c3ccccc3-4)cc2)cc(C(C)(C)C)c1. The van der Waals surface area contributed by atoms with Gasteiger partial charge in [0.25, 0.3) is 0 Å². The molecule has 3 fully saturated rings. The fraction of sp³-hybridized carbons (Fsp3) is 0.408. The summed E-state index contributed by atoms with van der Waals surface area (Å²) < 4.78 is 0. The maximum Gasteiger partial charge on any atom is 0.0465 e. The molecule has 72 heavy (non-hydrogen) atoms. The first-order chi connectivity index (χ1) is 34.7. The zero-order valence-electron chi connectivity index (χ0n) is 45.1. The van der Waals surface area contributed by atoms with Crippen LogP contribution in [0.1, 0.15) is 208 Å². The molecule has 0 N–H and O–H groups in total. The summed E-state index contributed by atoms with van der Waals surface area (Å²) in [4.78, 5) is 2.47. The summed E-state index contributed by atoms with van der Waals surface area (Å²) in [7, 11) is 0. The van der Waals surface area contributed by atoms with E-state index in [1.54, 1.807) is 22.3 Å². The molecule has 1 heteroatoms. The Morgan fingerprint density at radius 2 is 0.792 bits per heavy atom. The van der Waals surface area contributed by atoms with Crippen molar-refractivity contribution in [3.05, 3.63) is 185 Å². The molecule has 4 aliphatic carbocycles. The van der Waals surface area contributed by atoms with Crippen LogP contribution in [0.2, 0.25) is 0 Å². The van der Waals surface area contributed by atoms with Gasteiger partial charge < -0.3 is 4.90 Å². The summed E-state index contributed by atoms with van der Waals surface area (Å²) in [5.74, 6) is 2.10. The zero-order chi connectivity index (χ0) is 49.8. The second-order valence-electron chi connectivity index (χ2n) is 25.3. The van der Waals surface area contributed by atoms with Gasteiger partial charge in [-0.3, -0.25) is 0 Å². The van der Waals surface area contributed by atoms with Crippen molar-refractivity contribution in [1.82, 2.24) is 0 Å². The van der Waals surface area contributed by atoms with Crippen LogP contribution in [0.15, 0.2) is 146 Å². The predicted molar refractivity (Wildman–Crippen MR) is 310 cm³/mol. The second-order valence-corrected chi connectivity index (χ2v) is 25.3. The van der Waals surface area contributed by atoms with Gasteiger partial charge in [-0.05, 0) is 187 Å². The van der Waals surface area contributed by atoms with Crippen molar-refractivity contribution in [3.63, 3.8) is 0 Å². The van der Waals surface area contributed by atoms with Crippen LogP contribution in [0.4, 0.5) is 17.1 Å². The third-order valence-corrected chi connectivity index (χ3v) is 18.0. The number of hydrogen-bond donors (Lipinski definition) is 0. The van der Waals surface area contributed by atoms with Crippen molar-refractivity contribution in [2.24, 2.45) is 0 Å². The first-order valence-electron chi connectivity index (χ1n) is 28.4. The average Bonchev–Trinajstić information content (AvgIpc) is 3.64. The number of anilines is 3. The highest BCUT2D eigenvalue weighted by Gasteiger charge is 2.36. The second kappa shape index (κ2) is 19.6. The van der Waals surface area contributed by atoms with Gasteiger partial charge in [-0.25, -0.2) is 0 Å². The summed E-state index contributed by atoms with van der Waals surface area (Å²) in [6.07, 6.45) is 20.6. The summed E-state index contributed by atoms with van der Waals surface area (Å²) in [5.41, 5.74) is 24.9. The summed E-state index contributed by atoms with van der Waals surface area (Å²) in [6.45, 7) is 18.7. The number of fused-ring (bicyclic) bond motifs is 3. The van der Waals surface area contributed by atoms with E-state index in [0.29, 0.717) is 11.8 Å². The van der Waals surface area contributed by atoms with E-state index >= 15 is 0 Å². The molecule has 1 nitrogen and oxygen atoms in total. The van der Waals surface area contributed by atoms with Crippen LogP contribution < -0.4 is 4.90 Å². The summed E-state index contributed by atoms with van der Waals surface area (Å²) in [5, 5.41) is 0. The number of hydrogen-bond acceptors (Lipinski definition) is 1. The van der Waals surface area contributed by atoms with E-state index in [2.05, 4.69) is 206 Å². The molecular formula is C71H81N. The van der Waals surface area contributed by atoms with Gasteiger partial charge in [0, 0.05) is 22.5 Å². The summed E-state index contributed by atoms with van der Waals surface area (Å²) >= 11 is 0. The highest BCUT2D eigenvalue weighted by Crippen LogP contribution is 2.52. The Morgan fingerprint density at radius 3 is 1.29 bits per heavy atom. The van der Waals surface area contributed by atoms with Gasteiger partial charge in [-0.1, -0.05) is 222 Å². The first-order valence-corrected chi connectivity index (χ1v) is 28.4. The maximum absolute atomic E-state index is 2.74. The molecule has 370 valence electrons. The minimum absolute atomic E-state index is 0.0539. The predicted octanol–water partition coefficient (Wildman–Crippen LogP) is 21.2. The number of benzene rings is 7. The van der Waals surface area contributed by atoms with Gasteiger partial charge >= 0.3 is 0 Å². The molecule has 0 atom stereocenters. The molecule has 7 aromatic carbocycles. The van der Waals surface area contributed by atoms with Crippen molar-refractivity contribution in [2.75, 3.05) is 4.90 Å². The molecule has 0 heterocycles. The van der Waals surface area contributed by atoms with Crippen molar-refractivity contribution < 1.29 is 0 Å². The first kappa shape index (κ1) is 48.6. The van der Waals surface area contributed by atoms with E-state index in [1.165, 1.54) is 163 Å². The van der Waals surface area contributed by atoms with Crippen LogP contribution in [0, 0.1) is 0 Å². The lowest BCUT2D eigenvalue weighted by Gasteiger charge is -2.33. The van der Waals surface area contributed by atoms with Gasteiger partial charge in [0.2, 0.25) is 0 Å². The van der Waals surface area contributed by atoms with Crippen LogP contribution in [0.25, 0.3) is 44.5 Å². The number of rotatable bonds is 9. The largest absolute Gasteiger partial charge is 0.310 e. The molecule has 11 rings (SSSR count). The molecule has 0 amide bonds. The van der Waals surface area contributed by atoms with Gasteiger partial charge in [0.15, 0.2) is 0 Å². The van der Waals surface area contributed by atoms with E-state index in [-0.39, 0.29) is 16.2 Å². The van der Waals surface area contributed by atoms with E-state index in [9.17, 15) is 0 Å². The topological polar surface area (TPSA) is 3.24 Å². The van der Waals surface area contributed by atoms with Crippen LogP contribution in [-0.4, -0.2) is 0 Å². The maximum atomic E-state index is 2.74. The Balaban J connectivity index is 0.960. The Morgan fingerprint density at radius 1 is 0.375 bits per heavy atom. The standard InChI is InChI=1S/C71H81N/c1-69(2,3)57-42-55(43-58(46-57)70(4,5)6)51-34-38-60(39-35-51)72(61-40-41-63-62-26-18-19-27-66(62)71(7,8)67(63)47-61)59-36-32-50(33-37-59)49-28-30-54(31-29-49)68-64(52-22-14-10-15-23-52)44-56(48-20-12-9-13-21-48)45-65(68)53-24-16-11-17-25-53/h18-19,26-48,52-53H,9-17,20-25H2,1-8H3. The van der Waals surface area contributed by atoms with Crippen LogP contribution >= 0.6 is 0 Å². The lowest BCUT2D eigenvalue weighted by Crippen LogP contribution is -2.16. The van der Waals surface area contributed by atoms with E-state index in [4.69, 9.17) is 0 Å². The highest BCUT2D eigenvalue weighted by atomic mass is 15.1. The van der Waals surface area contributed by atoms with Gasteiger partial charge in [-0.15, -0.1) is 0 Å². The lowest BCUT2D eigenvalue weighted by molar-refractivity contribution is 0.428. The fourth-order valence-electron chi connectivity index (χ4n) is 13.6. The monoisotopic (exact) mass is 948 g/mol. The van der Waals surface area contributed by atoms with E-state index < -0.39 is 0 Å². The molecule has 0 aliphatic heterocycles. The lowest BCUT2D eigenvalue weighted by atomic mass is 9.72.